The molecule has 0 fully saturated rings. The van der Waals surface area contributed by atoms with Gasteiger partial charge in [0.2, 0.25) is 0 Å². The highest BCUT2D eigenvalue weighted by molar-refractivity contribution is 5.48. The SMILES string of the molecule is COCC(C)Nc1cccc(OC(F)F)c1. The molecule has 16 heavy (non-hydrogen) atoms. The highest BCUT2D eigenvalue weighted by Gasteiger charge is 2.06. The molecule has 0 aliphatic heterocycles. The van der Waals surface area contributed by atoms with Crippen molar-refractivity contribution in [3.05, 3.63) is 24.3 Å². The van der Waals surface area contributed by atoms with Crippen molar-refractivity contribution in [2.45, 2.75) is 19.6 Å². The topological polar surface area (TPSA) is 30.5 Å². The first-order valence-corrected chi connectivity index (χ1v) is 4.92. The Kier molecular flexibility index (Phi) is 4.98. The lowest BCUT2D eigenvalue weighted by molar-refractivity contribution is -0.0498. The van der Waals surface area contributed by atoms with Crippen LogP contribution in [0.2, 0.25) is 0 Å². The standard InChI is InChI=1S/C11H15F2NO2/c1-8(7-15-2)14-9-4-3-5-10(6-9)16-11(12)13/h3-6,8,11,14H,7H2,1-2H3. The zero-order valence-electron chi connectivity index (χ0n) is 9.24. The molecule has 0 radical (unpaired) electrons. The molecule has 0 aromatic heterocycles. The van der Waals surface area contributed by atoms with Crippen LogP contribution in [0.5, 0.6) is 5.75 Å². The van der Waals surface area contributed by atoms with Gasteiger partial charge in [-0.1, -0.05) is 6.07 Å². The molecule has 0 aliphatic carbocycles. The van der Waals surface area contributed by atoms with E-state index < -0.39 is 6.61 Å². The first kappa shape index (κ1) is 12.7. The van der Waals surface area contributed by atoms with E-state index in [1.807, 2.05) is 6.92 Å². The van der Waals surface area contributed by atoms with E-state index in [-0.39, 0.29) is 11.8 Å². The summed E-state index contributed by atoms with van der Waals surface area (Å²) in [6.07, 6.45) is 0. The molecular weight excluding hydrogens is 216 g/mol. The molecule has 1 aromatic carbocycles. The van der Waals surface area contributed by atoms with Crippen LogP contribution in [0.15, 0.2) is 24.3 Å². The second-order valence-electron chi connectivity index (χ2n) is 3.41. The summed E-state index contributed by atoms with van der Waals surface area (Å²) >= 11 is 0. The van der Waals surface area contributed by atoms with E-state index in [0.29, 0.717) is 6.61 Å². The number of rotatable bonds is 6. The van der Waals surface area contributed by atoms with E-state index >= 15 is 0 Å². The van der Waals surface area contributed by atoms with Crippen molar-refractivity contribution >= 4 is 5.69 Å². The van der Waals surface area contributed by atoms with Crippen LogP contribution in [-0.4, -0.2) is 26.4 Å². The third kappa shape index (κ3) is 4.44. The summed E-state index contributed by atoms with van der Waals surface area (Å²) < 4.78 is 33.2. The maximum Gasteiger partial charge on any atom is 0.387 e. The molecule has 90 valence electrons. The van der Waals surface area contributed by atoms with Gasteiger partial charge in [0, 0.05) is 24.9 Å². The molecular formula is C11H15F2NO2. The summed E-state index contributed by atoms with van der Waals surface area (Å²) in [5, 5.41) is 3.11. The minimum atomic E-state index is -2.80. The summed E-state index contributed by atoms with van der Waals surface area (Å²) in [5.74, 6) is 0.143. The summed E-state index contributed by atoms with van der Waals surface area (Å²) in [7, 11) is 1.61. The second-order valence-corrected chi connectivity index (χ2v) is 3.41. The van der Waals surface area contributed by atoms with Crippen LogP contribution < -0.4 is 10.1 Å². The largest absolute Gasteiger partial charge is 0.435 e. The van der Waals surface area contributed by atoms with Gasteiger partial charge in [-0.05, 0) is 19.1 Å². The van der Waals surface area contributed by atoms with E-state index in [1.54, 1.807) is 19.2 Å². The molecule has 5 heteroatoms. The van der Waals surface area contributed by atoms with Crippen molar-refractivity contribution in [3.8, 4) is 5.75 Å². The van der Waals surface area contributed by atoms with Gasteiger partial charge in [0.15, 0.2) is 0 Å². The fourth-order valence-electron chi connectivity index (χ4n) is 1.34. The summed E-state index contributed by atoms with van der Waals surface area (Å²) in [4.78, 5) is 0. The Morgan fingerprint density at radius 2 is 2.12 bits per heavy atom. The fraction of sp³-hybridized carbons (Fsp3) is 0.455. The maximum atomic E-state index is 12.0. The van der Waals surface area contributed by atoms with Gasteiger partial charge in [-0.2, -0.15) is 8.78 Å². The van der Waals surface area contributed by atoms with E-state index in [1.165, 1.54) is 12.1 Å². The van der Waals surface area contributed by atoms with Crippen LogP contribution in [0, 0.1) is 0 Å². The average Bonchev–Trinajstić information content (AvgIpc) is 2.17. The highest BCUT2D eigenvalue weighted by atomic mass is 19.3. The monoisotopic (exact) mass is 231 g/mol. The third-order valence-electron chi connectivity index (χ3n) is 1.89. The molecule has 1 unspecified atom stereocenters. The van der Waals surface area contributed by atoms with Gasteiger partial charge in [-0.25, -0.2) is 0 Å². The molecule has 1 rings (SSSR count). The van der Waals surface area contributed by atoms with Crippen LogP contribution in [-0.2, 0) is 4.74 Å². The van der Waals surface area contributed by atoms with Crippen molar-refractivity contribution < 1.29 is 18.3 Å². The first-order valence-electron chi connectivity index (χ1n) is 4.92. The molecule has 0 spiro atoms. The lowest BCUT2D eigenvalue weighted by Crippen LogP contribution is -2.20. The van der Waals surface area contributed by atoms with Gasteiger partial charge in [-0.3, -0.25) is 0 Å². The lowest BCUT2D eigenvalue weighted by atomic mass is 10.2. The Labute approximate surface area is 93.4 Å². The van der Waals surface area contributed by atoms with Crippen molar-refractivity contribution in [2.75, 3.05) is 19.0 Å². The molecule has 0 aliphatic rings. The molecule has 0 saturated heterocycles. The van der Waals surface area contributed by atoms with Crippen molar-refractivity contribution in [1.82, 2.24) is 0 Å². The minimum absolute atomic E-state index is 0.104. The van der Waals surface area contributed by atoms with Gasteiger partial charge in [0.25, 0.3) is 0 Å². The number of ether oxygens (including phenoxy) is 2. The summed E-state index contributed by atoms with van der Waals surface area (Å²) in [5.41, 5.74) is 0.725. The van der Waals surface area contributed by atoms with Crippen molar-refractivity contribution in [3.63, 3.8) is 0 Å². The summed E-state index contributed by atoms with van der Waals surface area (Å²) in [6.45, 7) is -0.323. The molecule has 0 heterocycles. The smallest absolute Gasteiger partial charge is 0.387 e. The zero-order valence-corrected chi connectivity index (χ0v) is 9.24. The van der Waals surface area contributed by atoms with Gasteiger partial charge in [0.1, 0.15) is 5.75 Å². The Balaban J connectivity index is 2.59. The molecule has 1 aromatic rings. The highest BCUT2D eigenvalue weighted by Crippen LogP contribution is 2.19. The number of methoxy groups -OCH3 is 1. The van der Waals surface area contributed by atoms with Crippen LogP contribution in [0.4, 0.5) is 14.5 Å². The third-order valence-corrected chi connectivity index (χ3v) is 1.89. The van der Waals surface area contributed by atoms with Crippen LogP contribution in [0.3, 0.4) is 0 Å². The minimum Gasteiger partial charge on any atom is -0.435 e. The van der Waals surface area contributed by atoms with Crippen molar-refractivity contribution in [2.24, 2.45) is 0 Å². The number of halogens is 2. The van der Waals surface area contributed by atoms with Gasteiger partial charge >= 0.3 is 6.61 Å². The second kappa shape index (κ2) is 6.27. The van der Waals surface area contributed by atoms with Gasteiger partial charge in [0.05, 0.1) is 6.61 Å². The molecule has 0 bridgehead atoms. The Morgan fingerprint density at radius 3 is 2.75 bits per heavy atom. The normalized spacial score (nSPS) is 12.6. The Hall–Kier alpha value is -1.36. The van der Waals surface area contributed by atoms with E-state index in [4.69, 9.17) is 4.74 Å². The lowest BCUT2D eigenvalue weighted by Gasteiger charge is -2.14. The predicted molar refractivity (Wildman–Crippen MR) is 58.0 cm³/mol. The molecule has 0 saturated carbocycles. The number of nitrogens with one attached hydrogen (secondary N) is 1. The number of hydrogen-bond acceptors (Lipinski definition) is 3. The number of benzene rings is 1. The molecule has 1 N–H and O–H groups in total. The Morgan fingerprint density at radius 1 is 1.38 bits per heavy atom. The van der Waals surface area contributed by atoms with Crippen LogP contribution in [0.25, 0.3) is 0 Å². The zero-order chi connectivity index (χ0) is 12.0. The van der Waals surface area contributed by atoms with E-state index in [9.17, 15) is 8.78 Å². The number of anilines is 1. The van der Waals surface area contributed by atoms with E-state index in [2.05, 4.69) is 10.1 Å². The van der Waals surface area contributed by atoms with Gasteiger partial charge < -0.3 is 14.8 Å². The first-order chi connectivity index (χ1) is 7.61. The van der Waals surface area contributed by atoms with Crippen LogP contribution in [0.1, 0.15) is 6.92 Å². The fourth-order valence-corrected chi connectivity index (χ4v) is 1.34. The molecule has 1 atom stereocenters. The van der Waals surface area contributed by atoms with Gasteiger partial charge in [-0.15, -0.1) is 0 Å². The maximum absolute atomic E-state index is 12.0. The predicted octanol–water partition coefficient (Wildman–Crippen LogP) is 2.73. The van der Waals surface area contributed by atoms with Crippen molar-refractivity contribution in [1.29, 1.82) is 0 Å². The van der Waals surface area contributed by atoms with Crippen LogP contribution >= 0.6 is 0 Å². The molecule has 0 amide bonds. The van der Waals surface area contributed by atoms with E-state index in [0.717, 1.165) is 5.69 Å². The number of alkyl halides is 2. The number of hydrogen-bond donors (Lipinski definition) is 1. The molecule has 3 nitrogen and oxygen atoms in total. The quantitative estimate of drug-likeness (QED) is 0.816. The summed E-state index contributed by atoms with van der Waals surface area (Å²) in [6, 6.07) is 6.55. The Bertz CT molecular complexity index is 321. The average molecular weight is 231 g/mol.